The number of rotatable bonds is 5. The maximum absolute atomic E-state index is 11.2. The van der Waals surface area contributed by atoms with Crippen LogP contribution in [0.25, 0.3) is 0 Å². The lowest BCUT2D eigenvalue weighted by atomic mass is 10.2. The van der Waals surface area contributed by atoms with E-state index in [2.05, 4.69) is 5.32 Å². The molecule has 0 fully saturated rings. The van der Waals surface area contributed by atoms with Crippen molar-refractivity contribution >= 4 is 23.5 Å². The van der Waals surface area contributed by atoms with Gasteiger partial charge in [-0.2, -0.15) is 0 Å². The lowest BCUT2D eigenvalue weighted by Gasteiger charge is -2.03. The fourth-order valence-corrected chi connectivity index (χ4v) is 1.91. The van der Waals surface area contributed by atoms with Gasteiger partial charge < -0.3 is 5.32 Å². The Bertz CT molecular complexity index is 373. The lowest BCUT2D eigenvalue weighted by molar-refractivity contribution is -0.118. The molecule has 0 heterocycles. The van der Waals surface area contributed by atoms with E-state index in [1.54, 1.807) is 12.1 Å². The van der Waals surface area contributed by atoms with Crippen LogP contribution in [0, 0.1) is 0 Å². The molecule has 0 saturated heterocycles. The first kappa shape index (κ1) is 12.8. The van der Waals surface area contributed by atoms with Gasteiger partial charge in [0.05, 0.1) is 5.75 Å². The van der Waals surface area contributed by atoms with E-state index in [1.807, 2.05) is 19.1 Å². The van der Waals surface area contributed by atoms with Gasteiger partial charge in [0, 0.05) is 17.0 Å². The van der Waals surface area contributed by atoms with Gasteiger partial charge in [-0.3, -0.25) is 9.59 Å². The smallest absolute Gasteiger partial charge is 0.230 e. The van der Waals surface area contributed by atoms with Crippen LogP contribution in [0.4, 0.5) is 0 Å². The van der Waals surface area contributed by atoms with Gasteiger partial charge in [-0.05, 0) is 26.0 Å². The molecule has 1 aromatic carbocycles. The van der Waals surface area contributed by atoms with Crippen LogP contribution in [0.2, 0.25) is 0 Å². The van der Waals surface area contributed by atoms with Crippen LogP contribution in [0.3, 0.4) is 0 Å². The first-order valence-corrected chi connectivity index (χ1v) is 6.12. The third-order valence-corrected chi connectivity index (χ3v) is 3.02. The van der Waals surface area contributed by atoms with Crippen LogP contribution in [-0.4, -0.2) is 24.0 Å². The summed E-state index contributed by atoms with van der Waals surface area (Å²) >= 11 is 1.47. The molecule has 4 heteroatoms. The van der Waals surface area contributed by atoms with Crippen LogP contribution in [0.5, 0.6) is 0 Å². The third-order valence-electron chi connectivity index (χ3n) is 2.00. The van der Waals surface area contributed by atoms with E-state index in [0.717, 1.165) is 4.90 Å². The second-order valence-electron chi connectivity index (χ2n) is 3.32. The Morgan fingerprint density at radius 3 is 2.38 bits per heavy atom. The minimum Gasteiger partial charge on any atom is -0.356 e. The molecule has 0 spiro atoms. The van der Waals surface area contributed by atoms with E-state index in [4.69, 9.17) is 0 Å². The number of hydrogen-bond acceptors (Lipinski definition) is 3. The molecule has 3 nitrogen and oxygen atoms in total. The van der Waals surface area contributed by atoms with Crippen molar-refractivity contribution in [2.24, 2.45) is 0 Å². The SMILES string of the molecule is CCNC(=O)CSc1ccc(C(C)=O)cc1. The van der Waals surface area contributed by atoms with Crippen molar-refractivity contribution in [2.45, 2.75) is 18.7 Å². The topological polar surface area (TPSA) is 46.2 Å². The van der Waals surface area contributed by atoms with Gasteiger partial charge in [0.25, 0.3) is 0 Å². The molecule has 0 radical (unpaired) electrons. The van der Waals surface area contributed by atoms with Crippen molar-refractivity contribution < 1.29 is 9.59 Å². The van der Waals surface area contributed by atoms with Gasteiger partial charge in [0.1, 0.15) is 0 Å². The summed E-state index contributed by atoms with van der Waals surface area (Å²) in [5, 5.41) is 2.73. The molecule has 0 aliphatic rings. The molecule has 0 aliphatic heterocycles. The van der Waals surface area contributed by atoms with Crippen molar-refractivity contribution in [3.8, 4) is 0 Å². The molecule has 16 heavy (non-hydrogen) atoms. The molecule has 0 aromatic heterocycles. The van der Waals surface area contributed by atoms with E-state index in [1.165, 1.54) is 18.7 Å². The van der Waals surface area contributed by atoms with Gasteiger partial charge in [-0.25, -0.2) is 0 Å². The highest BCUT2D eigenvalue weighted by Crippen LogP contribution is 2.18. The molecule has 1 N–H and O–H groups in total. The average Bonchev–Trinajstić information content (AvgIpc) is 2.27. The number of carbonyl (C=O) groups excluding carboxylic acids is 2. The maximum Gasteiger partial charge on any atom is 0.230 e. The van der Waals surface area contributed by atoms with Gasteiger partial charge in [-0.1, -0.05) is 12.1 Å². The van der Waals surface area contributed by atoms with E-state index in [9.17, 15) is 9.59 Å². The Morgan fingerprint density at radius 1 is 1.25 bits per heavy atom. The zero-order chi connectivity index (χ0) is 12.0. The minimum absolute atomic E-state index is 0.0307. The quantitative estimate of drug-likeness (QED) is 0.630. The van der Waals surface area contributed by atoms with Crippen molar-refractivity contribution in [1.82, 2.24) is 5.32 Å². The first-order valence-electron chi connectivity index (χ1n) is 5.14. The number of hydrogen-bond donors (Lipinski definition) is 1. The fourth-order valence-electron chi connectivity index (χ4n) is 1.18. The molecule has 0 atom stereocenters. The summed E-state index contributed by atoms with van der Waals surface area (Å²) in [6, 6.07) is 7.28. The summed E-state index contributed by atoms with van der Waals surface area (Å²) < 4.78 is 0. The summed E-state index contributed by atoms with van der Waals surface area (Å²) in [5.74, 6) is 0.496. The molecule has 1 amide bonds. The number of thioether (sulfide) groups is 1. The maximum atomic E-state index is 11.2. The summed E-state index contributed by atoms with van der Waals surface area (Å²) in [6.07, 6.45) is 0. The Labute approximate surface area is 99.6 Å². The molecule has 86 valence electrons. The van der Waals surface area contributed by atoms with Crippen LogP contribution in [0.15, 0.2) is 29.2 Å². The Morgan fingerprint density at radius 2 is 1.88 bits per heavy atom. The van der Waals surface area contributed by atoms with Crippen LogP contribution >= 0.6 is 11.8 Å². The molecule has 0 unspecified atom stereocenters. The zero-order valence-electron chi connectivity index (χ0n) is 9.45. The molecule has 0 aliphatic carbocycles. The lowest BCUT2D eigenvalue weighted by Crippen LogP contribution is -2.24. The van der Waals surface area contributed by atoms with Crippen LogP contribution in [-0.2, 0) is 4.79 Å². The largest absolute Gasteiger partial charge is 0.356 e. The molecule has 0 saturated carbocycles. The average molecular weight is 237 g/mol. The Kier molecular flexibility index (Phi) is 5.05. The third kappa shape index (κ3) is 4.06. The molecule has 1 aromatic rings. The van der Waals surface area contributed by atoms with Crippen molar-refractivity contribution in [3.63, 3.8) is 0 Å². The minimum atomic E-state index is 0.0307. The molecule has 0 bridgehead atoms. The second kappa shape index (κ2) is 6.33. The van der Waals surface area contributed by atoms with Crippen molar-refractivity contribution in [3.05, 3.63) is 29.8 Å². The first-order chi connectivity index (χ1) is 7.63. The van der Waals surface area contributed by atoms with Crippen molar-refractivity contribution in [1.29, 1.82) is 0 Å². The van der Waals surface area contributed by atoms with Crippen LogP contribution in [0.1, 0.15) is 24.2 Å². The molecular formula is C12H15NO2S. The van der Waals surface area contributed by atoms with Gasteiger partial charge in [-0.15, -0.1) is 11.8 Å². The van der Waals surface area contributed by atoms with E-state index < -0.39 is 0 Å². The number of benzene rings is 1. The number of Topliss-reactive ketones (excluding diaryl/α,β-unsaturated/α-hetero) is 1. The van der Waals surface area contributed by atoms with Gasteiger partial charge in [0.2, 0.25) is 5.91 Å². The predicted octanol–water partition coefficient (Wildman–Crippen LogP) is 2.12. The number of nitrogens with one attached hydrogen (secondary N) is 1. The van der Waals surface area contributed by atoms with E-state index in [-0.39, 0.29) is 11.7 Å². The highest BCUT2D eigenvalue weighted by atomic mass is 32.2. The zero-order valence-corrected chi connectivity index (χ0v) is 10.3. The fraction of sp³-hybridized carbons (Fsp3) is 0.333. The van der Waals surface area contributed by atoms with Gasteiger partial charge >= 0.3 is 0 Å². The molecular weight excluding hydrogens is 222 g/mol. The Hall–Kier alpha value is -1.29. The van der Waals surface area contributed by atoms with Gasteiger partial charge in [0.15, 0.2) is 5.78 Å². The normalized spacial score (nSPS) is 9.88. The Balaban J connectivity index is 2.49. The molecule has 1 rings (SSSR count). The summed E-state index contributed by atoms with van der Waals surface area (Å²) in [5.41, 5.74) is 0.697. The number of ketones is 1. The summed E-state index contributed by atoms with van der Waals surface area (Å²) in [6.45, 7) is 4.09. The van der Waals surface area contributed by atoms with Crippen molar-refractivity contribution in [2.75, 3.05) is 12.3 Å². The van der Waals surface area contributed by atoms with E-state index >= 15 is 0 Å². The second-order valence-corrected chi connectivity index (χ2v) is 4.37. The highest BCUT2D eigenvalue weighted by molar-refractivity contribution is 8.00. The summed E-state index contributed by atoms with van der Waals surface area (Å²) in [4.78, 5) is 23.2. The standard InChI is InChI=1S/C12H15NO2S/c1-3-13-12(15)8-16-11-6-4-10(5-7-11)9(2)14/h4-7H,3,8H2,1-2H3,(H,13,15). The van der Waals surface area contributed by atoms with E-state index in [0.29, 0.717) is 17.9 Å². The number of carbonyl (C=O) groups is 2. The number of amides is 1. The summed E-state index contributed by atoms with van der Waals surface area (Å²) in [7, 11) is 0. The monoisotopic (exact) mass is 237 g/mol. The highest BCUT2D eigenvalue weighted by Gasteiger charge is 2.02. The van der Waals surface area contributed by atoms with Crippen LogP contribution < -0.4 is 5.32 Å². The predicted molar refractivity (Wildman–Crippen MR) is 65.9 cm³/mol.